The fourth-order valence-electron chi connectivity index (χ4n) is 2.54. The van der Waals surface area contributed by atoms with E-state index in [2.05, 4.69) is 0 Å². The van der Waals surface area contributed by atoms with Crippen molar-refractivity contribution in [3.8, 4) is 11.5 Å². The number of aryl methyl sites for hydroxylation is 1. The molecule has 132 valence electrons. The number of aromatic nitrogens is 1. The molecule has 0 fully saturated rings. The van der Waals surface area contributed by atoms with Gasteiger partial charge in [0.25, 0.3) is 5.56 Å². The van der Waals surface area contributed by atoms with Crippen LogP contribution in [0.4, 0.5) is 5.69 Å². The number of nitrogens with zero attached hydrogens (tertiary/aromatic N) is 2. The molecule has 0 aliphatic heterocycles. The molecule has 2 aromatic carbocycles. The van der Waals surface area contributed by atoms with Crippen LogP contribution in [0.5, 0.6) is 11.5 Å². The minimum Gasteiger partial charge on any atom is -0.457 e. The summed E-state index contributed by atoms with van der Waals surface area (Å²) in [6.45, 7) is 0.359. The van der Waals surface area contributed by atoms with Crippen LogP contribution in [0.2, 0.25) is 0 Å². The molecule has 0 atom stereocenters. The van der Waals surface area contributed by atoms with Crippen LogP contribution in [-0.2, 0) is 11.3 Å². The van der Waals surface area contributed by atoms with Crippen LogP contribution in [0, 0.1) is 0 Å². The lowest BCUT2D eigenvalue weighted by Crippen LogP contribution is -2.28. The predicted molar refractivity (Wildman–Crippen MR) is 102 cm³/mol. The third-order valence-corrected chi connectivity index (χ3v) is 4.04. The van der Waals surface area contributed by atoms with Crippen molar-refractivity contribution < 1.29 is 9.53 Å². The Morgan fingerprint density at radius 3 is 2.27 bits per heavy atom. The molecule has 1 aromatic heterocycles. The number of carbonyl (C=O) groups excluding carboxylic acids is 1. The molecule has 0 unspecified atom stereocenters. The molecular weight excluding hydrogens is 328 g/mol. The zero-order valence-electron chi connectivity index (χ0n) is 14.5. The van der Waals surface area contributed by atoms with Gasteiger partial charge in [0, 0.05) is 38.0 Å². The fraction of sp³-hybridized carbons (Fsp3) is 0.143. The van der Waals surface area contributed by atoms with Crippen molar-refractivity contribution in [1.82, 2.24) is 4.57 Å². The summed E-state index contributed by atoms with van der Waals surface area (Å²) in [5.74, 6) is 1.41. The van der Waals surface area contributed by atoms with Gasteiger partial charge in [-0.3, -0.25) is 9.59 Å². The van der Waals surface area contributed by atoms with Gasteiger partial charge in [0.15, 0.2) is 0 Å². The average Bonchev–Trinajstić information content (AvgIpc) is 2.68. The van der Waals surface area contributed by atoms with E-state index in [1.165, 1.54) is 10.6 Å². The molecule has 0 N–H and O–H groups in total. The van der Waals surface area contributed by atoms with E-state index in [9.17, 15) is 9.59 Å². The van der Waals surface area contributed by atoms with Crippen LogP contribution < -0.4 is 15.2 Å². The molecule has 3 rings (SSSR count). The molecule has 1 amide bonds. The lowest BCUT2D eigenvalue weighted by molar-refractivity contribution is -0.118. The number of ether oxygens (including phenoxy) is 1. The lowest BCUT2D eigenvalue weighted by Gasteiger charge is -2.18. The zero-order valence-corrected chi connectivity index (χ0v) is 14.5. The number of anilines is 1. The maximum absolute atomic E-state index is 12.4. The van der Waals surface area contributed by atoms with Crippen LogP contribution in [0.3, 0.4) is 0 Å². The van der Waals surface area contributed by atoms with E-state index < -0.39 is 0 Å². The highest BCUT2D eigenvalue weighted by molar-refractivity contribution is 5.92. The van der Waals surface area contributed by atoms with Crippen molar-refractivity contribution in [3.63, 3.8) is 0 Å². The summed E-state index contributed by atoms with van der Waals surface area (Å²) in [4.78, 5) is 25.7. The number of pyridine rings is 1. The minimum absolute atomic E-state index is 0.0579. The van der Waals surface area contributed by atoms with Gasteiger partial charge in [0.2, 0.25) is 5.91 Å². The topological polar surface area (TPSA) is 51.5 Å². The number of benzene rings is 2. The van der Waals surface area contributed by atoms with Crippen LogP contribution in [0.25, 0.3) is 0 Å². The molecule has 0 saturated heterocycles. The number of hydrogen-bond acceptors (Lipinski definition) is 3. The zero-order chi connectivity index (χ0) is 18.4. The van der Waals surface area contributed by atoms with E-state index in [-0.39, 0.29) is 17.9 Å². The molecule has 0 radical (unpaired) electrons. The summed E-state index contributed by atoms with van der Waals surface area (Å²) < 4.78 is 7.28. The van der Waals surface area contributed by atoms with Gasteiger partial charge in [-0.1, -0.05) is 24.3 Å². The molecule has 5 heteroatoms. The van der Waals surface area contributed by atoms with Gasteiger partial charge in [-0.25, -0.2) is 0 Å². The van der Waals surface area contributed by atoms with Crippen LogP contribution in [0.1, 0.15) is 6.42 Å². The fourth-order valence-corrected chi connectivity index (χ4v) is 2.54. The van der Waals surface area contributed by atoms with Crippen LogP contribution >= 0.6 is 0 Å². The van der Waals surface area contributed by atoms with E-state index in [1.807, 2.05) is 54.6 Å². The Labute approximate surface area is 152 Å². The third-order valence-electron chi connectivity index (χ3n) is 4.04. The Bertz CT molecular complexity index is 918. The van der Waals surface area contributed by atoms with E-state index in [0.29, 0.717) is 12.3 Å². The Morgan fingerprint density at radius 2 is 1.58 bits per heavy atom. The highest BCUT2D eigenvalue weighted by atomic mass is 16.5. The molecule has 0 bridgehead atoms. The minimum atomic E-state index is -0.106. The molecule has 5 nitrogen and oxygen atoms in total. The number of amides is 1. The normalized spacial score (nSPS) is 10.3. The first-order valence-electron chi connectivity index (χ1n) is 8.38. The summed E-state index contributed by atoms with van der Waals surface area (Å²) in [6.07, 6.45) is 1.94. The van der Waals surface area contributed by atoms with Crippen molar-refractivity contribution in [2.75, 3.05) is 11.9 Å². The Kier molecular flexibility index (Phi) is 5.49. The smallest absolute Gasteiger partial charge is 0.250 e. The van der Waals surface area contributed by atoms with E-state index in [0.717, 1.165) is 11.4 Å². The monoisotopic (exact) mass is 348 g/mol. The summed E-state index contributed by atoms with van der Waals surface area (Å²) in [6, 6.07) is 21.8. The van der Waals surface area contributed by atoms with Gasteiger partial charge in [-0.2, -0.15) is 0 Å². The SMILES string of the molecule is CN(C(=O)CCn1ccccc1=O)c1ccc(Oc2ccccc2)cc1. The largest absolute Gasteiger partial charge is 0.457 e. The van der Waals surface area contributed by atoms with E-state index in [1.54, 1.807) is 30.3 Å². The molecule has 0 saturated carbocycles. The van der Waals surface area contributed by atoms with Crippen molar-refractivity contribution in [2.24, 2.45) is 0 Å². The van der Waals surface area contributed by atoms with Gasteiger partial charge >= 0.3 is 0 Å². The number of para-hydroxylation sites is 1. The third kappa shape index (κ3) is 4.39. The molecule has 26 heavy (non-hydrogen) atoms. The number of hydrogen-bond donors (Lipinski definition) is 0. The van der Waals surface area contributed by atoms with Gasteiger partial charge in [0.1, 0.15) is 11.5 Å². The van der Waals surface area contributed by atoms with Crippen LogP contribution in [0.15, 0.2) is 83.8 Å². The highest BCUT2D eigenvalue weighted by Gasteiger charge is 2.11. The van der Waals surface area contributed by atoms with Crippen molar-refractivity contribution >= 4 is 11.6 Å². The van der Waals surface area contributed by atoms with E-state index in [4.69, 9.17) is 4.74 Å². The van der Waals surface area contributed by atoms with Gasteiger partial charge < -0.3 is 14.2 Å². The van der Waals surface area contributed by atoms with Gasteiger partial charge in [-0.15, -0.1) is 0 Å². The maximum Gasteiger partial charge on any atom is 0.250 e. The van der Waals surface area contributed by atoms with Gasteiger partial charge in [-0.05, 0) is 42.5 Å². The van der Waals surface area contributed by atoms with Crippen molar-refractivity contribution in [1.29, 1.82) is 0 Å². The summed E-state index contributed by atoms with van der Waals surface area (Å²) >= 11 is 0. The summed E-state index contributed by atoms with van der Waals surface area (Å²) in [7, 11) is 1.73. The maximum atomic E-state index is 12.4. The first-order chi connectivity index (χ1) is 12.6. The van der Waals surface area contributed by atoms with Gasteiger partial charge in [0.05, 0.1) is 0 Å². The molecule has 0 aliphatic rings. The lowest BCUT2D eigenvalue weighted by atomic mass is 10.2. The Hall–Kier alpha value is -3.34. The second-order valence-electron chi connectivity index (χ2n) is 5.84. The standard InChI is InChI=1S/C21H20N2O3/c1-22(20(24)14-16-23-15-6-5-9-21(23)25)17-10-12-19(13-11-17)26-18-7-3-2-4-8-18/h2-13,15H,14,16H2,1H3. The first-order valence-corrected chi connectivity index (χ1v) is 8.38. The summed E-state index contributed by atoms with van der Waals surface area (Å²) in [5.41, 5.74) is 0.668. The van der Waals surface area contributed by atoms with Crippen LogP contribution in [-0.4, -0.2) is 17.5 Å². The average molecular weight is 348 g/mol. The number of rotatable bonds is 6. The Balaban J connectivity index is 1.60. The molecule has 1 heterocycles. The molecule has 0 aliphatic carbocycles. The molecule has 3 aromatic rings. The van der Waals surface area contributed by atoms with Crippen molar-refractivity contribution in [3.05, 3.63) is 89.3 Å². The van der Waals surface area contributed by atoms with Crippen molar-refractivity contribution in [2.45, 2.75) is 13.0 Å². The number of carbonyl (C=O) groups is 1. The highest BCUT2D eigenvalue weighted by Crippen LogP contribution is 2.24. The van der Waals surface area contributed by atoms with E-state index >= 15 is 0 Å². The predicted octanol–water partition coefficient (Wildman–Crippen LogP) is 3.69. The second kappa shape index (κ2) is 8.16. The molecule has 0 spiro atoms. The summed E-state index contributed by atoms with van der Waals surface area (Å²) in [5, 5.41) is 0. The molecular formula is C21H20N2O3. The Morgan fingerprint density at radius 1 is 0.923 bits per heavy atom. The quantitative estimate of drug-likeness (QED) is 0.683. The first kappa shape index (κ1) is 17.5. The second-order valence-corrected chi connectivity index (χ2v) is 5.84.